The minimum Gasteiger partial charge on any atom is -0.507 e. The summed E-state index contributed by atoms with van der Waals surface area (Å²) in [5.74, 6) is -1.28. The van der Waals surface area contributed by atoms with E-state index in [-0.39, 0.29) is 11.3 Å². The van der Waals surface area contributed by atoms with Crippen molar-refractivity contribution in [1.29, 1.82) is 0 Å². The lowest BCUT2D eigenvalue weighted by atomic mass is 9.95. The highest BCUT2D eigenvalue weighted by atomic mass is 79.9. The van der Waals surface area contributed by atoms with Crippen LogP contribution in [-0.2, 0) is 9.59 Å². The highest BCUT2D eigenvalue weighted by molar-refractivity contribution is 9.10. The largest absolute Gasteiger partial charge is 0.507 e. The molecule has 0 aliphatic carbocycles. The van der Waals surface area contributed by atoms with Crippen molar-refractivity contribution < 1.29 is 14.7 Å². The van der Waals surface area contributed by atoms with Crippen LogP contribution >= 0.6 is 31.9 Å². The zero-order valence-corrected chi connectivity index (χ0v) is 26.4. The maximum atomic E-state index is 13.2. The molecule has 3 rings (SSSR count). The third-order valence-corrected chi connectivity index (χ3v) is 8.65. The van der Waals surface area contributed by atoms with Gasteiger partial charge in [0.15, 0.2) is 0 Å². The summed E-state index contributed by atoms with van der Waals surface area (Å²) in [6, 6.07) is 14.2. The van der Waals surface area contributed by atoms with E-state index in [4.69, 9.17) is 0 Å². The highest BCUT2D eigenvalue weighted by Crippen LogP contribution is 2.40. The fourth-order valence-corrected chi connectivity index (χ4v) is 5.87. The van der Waals surface area contributed by atoms with E-state index in [0.29, 0.717) is 12.1 Å². The average molecular weight is 662 g/mol. The van der Waals surface area contributed by atoms with Gasteiger partial charge in [0.1, 0.15) is 5.76 Å². The van der Waals surface area contributed by atoms with Gasteiger partial charge in [0.2, 0.25) is 0 Å². The van der Waals surface area contributed by atoms with Crippen LogP contribution in [0.1, 0.15) is 114 Å². The number of aliphatic hydroxyl groups is 1. The van der Waals surface area contributed by atoms with Crippen molar-refractivity contribution in [3.05, 3.63) is 74.2 Å². The molecule has 2 aromatic rings. The lowest BCUT2D eigenvalue weighted by molar-refractivity contribution is -0.139. The first kappa shape index (κ1) is 31.6. The first-order valence-electron chi connectivity index (χ1n) is 14.7. The lowest BCUT2D eigenvalue weighted by Crippen LogP contribution is -2.30. The fraction of sp³-hybridized carbons (Fsp3) is 0.515. The zero-order valence-electron chi connectivity index (χ0n) is 23.3. The number of benzene rings is 2. The first-order chi connectivity index (χ1) is 18.9. The van der Waals surface area contributed by atoms with Crippen molar-refractivity contribution in [2.45, 2.75) is 103 Å². The SMILES string of the molecule is CCCCCCCCCCCCCCCCN1C(=O)C(=O)C(=C(O)c2ccc(Br)cc2)C1c1ccc(Br)cc1. The molecule has 0 radical (unpaired) electrons. The predicted molar refractivity (Wildman–Crippen MR) is 168 cm³/mol. The van der Waals surface area contributed by atoms with Gasteiger partial charge >= 0.3 is 0 Å². The molecule has 1 saturated heterocycles. The van der Waals surface area contributed by atoms with E-state index in [0.717, 1.165) is 33.8 Å². The number of aliphatic hydroxyl groups excluding tert-OH is 1. The van der Waals surface area contributed by atoms with Gasteiger partial charge < -0.3 is 10.0 Å². The van der Waals surface area contributed by atoms with E-state index in [1.165, 1.54) is 70.6 Å². The summed E-state index contributed by atoms with van der Waals surface area (Å²) < 4.78 is 1.80. The van der Waals surface area contributed by atoms with Crippen molar-refractivity contribution in [1.82, 2.24) is 4.90 Å². The Kier molecular flexibility index (Phi) is 13.8. The van der Waals surface area contributed by atoms with Gasteiger partial charge in [-0.3, -0.25) is 9.59 Å². The van der Waals surface area contributed by atoms with E-state index >= 15 is 0 Å². The Bertz CT molecular complexity index is 1080. The van der Waals surface area contributed by atoms with Gasteiger partial charge in [-0.05, 0) is 36.2 Å². The van der Waals surface area contributed by atoms with Crippen molar-refractivity contribution in [2.75, 3.05) is 6.54 Å². The number of hydrogen-bond acceptors (Lipinski definition) is 3. The Balaban J connectivity index is 1.52. The van der Waals surface area contributed by atoms with E-state index in [9.17, 15) is 14.7 Å². The second kappa shape index (κ2) is 17.0. The molecule has 4 nitrogen and oxygen atoms in total. The summed E-state index contributed by atoms with van der Waals surface area (Å²) in [5, 5.41) is 11.2. The van der Waals surface area contributed by atoms with Crippen molar-refractivity contribution in [2.24, 2.45) is 0 Å². The summed E-state index contributed by atoms with van der Waals surface area (Å²) in [7, 11) is 0. The van der Waals surface area contributed by atoms with Crippen LogP contribution < -0.4 is 0 Å². The third kappa shape index (κ3) is 9.60. The maximum absolute atomic E-state index is 13.2. The number of amides is 1. The molecule has 0 spiro atoms. The van der Waals surface area contributed by atoms with Gasteiger partial charge in [0.25, 0.3) is 11.7 Å². The summed E-state index contributed by atoms with van der Waals surface area (Å²) in [4.78, 5) is 28.0. The molecule has 2 aromatic carbocycles. The molecular formula is C33H43Br2NO3. The standard InChI is InChI=1S/C33H43Br2NO3/c1-2-3-4-5-6-7-8-9-10-11-12-13-14-15-24-36-30(25-16-20-27(34)21-17-25)29(32(38)33(36)39)31(37)26-18-22-28(35)23-19-26/h16-23,30,37H,2-15,24H2,1H3. The monoisotopic (exact) mass is 659 g/mol. The number of hydrogen-bond donors (Lipinski definition) is 1. The Morgan fingerprint density at radius 2 is 1.13 bits per heavy atom. The number of ketones is 1. The molecule has 0 aromatic heterocycles. The lowest BCUT2D eigenvalue weighted by Gasteiger charge is -2.25. The number of unbranched alkanes of at least 4 members (excludes halogenated alkanes) is 13. The van der Waals surface area contributed by atoms with Crippen LogP contribution in [0.3, 0.4) is 0 Å². The summed E-state index contributed by atoms with van der Waals surface area (Å²) in [6.45, 7) is 2.76. The normalized spacial score (nSPS) is 16.8. The van der Waals surface area contributed by atoms with Crippen molar-refractivity contribution >= 4 is 49.3 Å². The maximum Gasteiger partial charge on any atom is 0.295 e. The number of Topliss-reactive ketones (excluding diaryl/α,β-unsaturated/α-hetero) is 1. The Morgan fingerprint density at radius 1 is 0.692 bits per heavy atom. The van der Waals surface area contributed by atoms with E-state index < -0.39 is 17.7 Å². The second-order valence-electron chi connectivity index (χ2n) is 10.6. The molecule has 1 amide bonds. The number of rotatable bonds is 17. The number of halogens is 2. The smallest absolute Gasteiger partial charge is 0.295 e. The Hall–Kier alpha value is -1.92. The van der Waals surface area contributed by atoms with Crippen molar-refractivity contribution in [3.8, 4) is 0 Å². The van der Waals surface area contributed by atoms with Crippen LogP contribution in [0.25, 0.3) is 5.76 Å². The summed E-state index contributed by atoms with van der Waals surface area (Å²) >= 11 is 6.87. The summed E-state index contributed by atoms with van der Waals surface area (Å²) in [6.07, 6.45) is 17.7. The first-order valence-corrected chi connectivity index (χ1v) is 16.3. The number of carbonyl (C=O) groups is 2. The molecule has 1 aliphatic heterocycles. The molecule has 0 bridgehead atoms. The van der Waals surface area contributed by atoms with Crippen LogP contribution in [0.5, 0.6) is 0 Å². The van der Waals surface area contributed by atoms with Crippen molar-refractivity contribution in [3.63, 3.8) is 0 Å². The molecule has 1 N–H and O–H groups in total. The van der Waals surface area contributed by atoms with Gasteiger partial charge in [-0.1, -0.05) is 147 Å². The van der Waals surface area contributed by atoms with E-state index in [1.807, 2.05) is 36.4 Å². The topological polar surface area (TPSA) is 57.6 Å². The average Bonchev–Trinajstić information content (AvgIpc) is 3.18. The molecular weight excluding hydrogens is 618 g/mol. The Morgan fingerprint density at radius 3 is 1.62 bits per heavy atom. The molecule has 6 heteroatoms. The molecule has 1 atom stereocenters. The zero-order chi connectivity index (χ0) is 28.0. The van der Waals surface area contributed by atoms with Gasteiger partial charge in [-0.15, -0.1) is 0 Å². The molecule has 1 unspecified atom stereocenters. The van der Waals surface area contributed by atoms with Crippen LogP contribution in [-0.4, -0.2) is 28.2 Å². The quantitative estimate of drug-likeness (QED) is 0.0795. The van der Waals surface area contributed by atoms with Crippen LogP contribution in [0.2, 0.25) is 0 Å². The molecule has 212 valence electrons. The van der Waals surface area contributed by atoms with E-state index in [1.54, 1.807) is 17.0 Å². The van der Waals surface area contributed by atoms with Gasteiger partial charge in [-0.25, -0.2) is 0 Å². The van der Waals surface area contributed by atoms with Gasteiger partial charge in [-0.2, -0.15) is 0 Å². The molecule has 1 fully saturated rings. The van der Waals surface area contributed by atoms with Crippen LogP contribution in [0, 0.1) is 0 Å². The Labute approximate surface area is 251 Å². The fourth-order valence-electron chi connectivity index (χ4n) is 5.34. The highest BCUT2D eigenvalue weighted by Gasteiger charge is 2.45. The summed E-state index contributed by atoms with van der Waals surface area (Å²) in [5.41, 5.74) is 1.51. The minimum absolute atomic E-state index is 0.128. The molecule has 1 aliphatic rings. The van der Waals surface area contributed by atoms with Crippen LogP contribution in [0.15, 0.2) is 63.0 Å². The molecule has 0 saturated carbocycles. The number of carbonyl (C=O) groups excluding carboxylic acids is 2. The van der Waals surface area contributed by atoms with Crippen LogP contribution in [0.4, 0.5) is 0 Å². The third-order valence-electron chi connectivity index (χ3n) is 7.60. The van der Waals surface area contributed by atoms with Gasteiger partial charge in [0.05, 0.1) is 11.6 Å². The number of likely N-dealkylation sites (tertiary alicyclic amines) is 1. The van der Waals surface area contributed by atoms with E-state index in [2.05, 4.69) is 38.8 Å². The molecule has 39 heavy (non-hydrogen) atoms. The molecule has 1 heterocycles. The number of nitrogens with zero attached hydrogens (tertiary/aromatic N) is 1. The van der Waals surface area contributed by atoms with Gasteiger partial charge in [0, 0.05) is 21.1 Å². The minimum atomic E-state index is -0.617. The second-order valence-corrected chi connectivity index (χ2v) is 12.5. The predicted octanol–water partition coefficient (Wildman–Crippen LogP) is 10.1.